The Hall–Kier alpha value is -2.12. The molecule has 0 spiro atoms. The molecule has 1 aliphatic rings. The number of carbonyl (C=O) groups excluding carboxylic acids is 1. The molecule has 0 aromatic heterocycles. The van der Waals surface area contributed by atoms with Crippen molar-refractivity contribution in [2.75, 3.05) is 14.2 Å². The summed E-state index contributed by atoms with van der Waals surface area (Å²) >= 11 is 0. The Labute approximate surface area is 134 Å². The molecule has 1 fully saturated rings. The van der Waals surface area contributed by atoms with Crippen LogP contribution in [0, 0.1) is 0 Å². The van der Waals surface area contributed by atoms with Crippen molar-refractivity contribution >= 4 is 12.1 Å². The summed E-state index contributed by atoms with van der Waals surface area (Å²) in [6, 6.07) is 9.16. The summed E-state index contributed by atoms with van der Waals surface area (Å²) in [7, 11) is 2.98. The number of rotatable bonds is 6. The molecule has 2 rings (SSSR count). The first-order chi connectivity index (χ1) is 11.0. The lowest BCUT2D eigenvalue weighted by molar-refractivity contribution is -0.145. The van der Waals surface area contributed by atoms with Gasteiger partial charge in [-0.1, -0.05) is 30.3 Å². The molecule has 2 atom stereocenters. The topological polar surface area (TPSA) is 94.1 Å². The van der Waals surface area contributed by atoms with E-state index >= 15 is 0 Å². The molecule has 1 aromatic carbocycles. The first-order valence-electron chi connectivity index (χ1n) is 7.28. The summed E-state index contributed by atoms with van der Waals surface area (Å²) in [5.74, 6) is -1.13. The molecule has 7 heteroatoms. The molecule has 0 radical (unpaired) electrons. The third-order valence-corrected chi connectivity index (χ3v) is 4.08. The van der Waals surface area contributed by atoms with E-state index in [1.807, 2.05) is 30.3 Å². The van der Waals surface area contributed by atoms with Gasteiger partial charge in [-0.25, -0.2) is 9.59 Å². The third kappa shape index (κ3) is 4.00. The second kappa shape index (κ2) is 7.43. The first-order valence-corrected chi connectivity index (χ1v) is 7.28. The lowest BCUT2D eigenvalue weighted by Crippen LogP contribution is -2.53. The summed E-state index contributed by atoms with van der Waals surface area (Å²) in [5.41, 5.74) is -0.627. The maximum absolute atomic E-state index is 12.0. The Bertz CT molecular complexity index is 535. The Morgan fingerprint density at radius 2 is 1.74 bits per heavy atom. The van der Waals surface area contributed by atoms with E-state index in [1.54, 1.807) is 0 Å². The molecule has 0 saturated heterocycles. The number of aliphatic carboxylic acids is 1. The van der Waals surface area contributed by atoms with Gasteiger partial charge in [-0.05, 0) is 5.56 Å². The van der Waals surface area contributed by atoms with E-state index in [2.05, 4.69) is 5.32 Å². The molecule has 0 heterocycles. The quantitative estimate of drug-likeness (QED) is 0.825. The van der Waals surface area contributed by atoms with Crippen LogP contribution in [0.2, 0.25) is 0 Å². The minimum atomic E-state index is -1.45. The monoisotopic (exact) mass is 323 g/mol. The maximum atomic E-state index is 12.0. The van der Waals surface area contributed by atoms with Crippen molar-refractivity contribution in [1.29, 1.82) is 0 Å². The number of alkyl carbamates (subject to hydrolysis) is 1. The summed E-state index contributed by atoms with van der Waals surface area (Å²) in [5, 5.41) is 12.0. The van der Waals surface area contributed by atoms with Crippen molar-refractivity contribution in [3.63, 3.8) is 0 Å². The SMILES string of the molecule is CO[C@H]1CC(NC(=O)OCc2ccccc2)(C(=O)O)C[C@@H]1OC. The van der Waals surface area contributed by atoms with Crippen molar-refractivity contribution in [3.05, 3.63) is 35.9 Å². The summed E-state index contributed by atoms with van der Waals surface area (Å²) < 4.78 is 15.6. The van der Waals surface area contributed by atoms with E-state index in [-0.39, 0.29) is 19.4 Å². The Balaban J connectivity index is 1.99. The van der Waals surface area contributed by atoms with Crippen LogP contribution in [0.3, 0.4) is 0 Å². The maximum Gasteiger partial charge on any atom is 0.408 e. The van der Waals surface area contributed by atoms with Gasteiger partial charge in [0.15, 0.2) is 0 Å². The Morgan fingerprint density at radius 1 is 1.17 bits per heavy atom. The van der Waals surface area contributed by atoms with Crippen molar-refractivity contribution < 1.29 is 28.9 Å². The second-order valence-electron chi connectivity index (χ2n) is 5.53. The molecule has 0 unspecified atom stereocenters. The van der Waals surface area contributed by atoms with Gasteiger partial charge in [0.25, 0.3) is 0 Å². The number of nitrogens with one attached hydrogen (secondary N) is 1. The molecular formula is C16H21NO6. The van der Waals surface area contributed by atoms with Gasteiger partial charge < -0.3 is 24.6 Å². The minimum Gasteiger partial charge on any atom is -0.479 e. The number of carboxylic acid groups (broad SMARTS) is 1. The Kier molecular flexibility index (Phi) is 5.57. The summed E-state index contributed by atoms with van der Waals surface area (Å²) in [6.45, 7) is 0.0732. The number of methoxy groups -OCH3 is 2. The highest BCUT2D eigenvalue weighted by molar-refractivity contribution is 5.85. The number of benzene rings is 1. The predicted octanol–water partition coefficient (Wildman–Crippen LogP) is 1.56. The zero-order chi connectivity index (χ0) is 16.9. The highest BCUT2D eigenvalue weighted by Gasteiger charge is 2.52. The van der Waals surface area contributed by atoms with Gasteiger partial charge in [0.05, 0.1) is 12.2 Å². The molecule has 1 amide bonds. The minimum absolute atomic E-state index is 0.0732. The van der Waals surface area contributed by atoms with Gasteiger partial charge in [-0.2, -0.15) is 0 Å². The van der Waals surface area contributed by atoms with Crippen LogP contribution < -0.4 is 5.32 Å². The van der Waals surface area contributed by atoms with E-state index in [0.717, 1.165) is 5.56 Å². The van der Waals surface area contributed by atoms with Crippen molar-refractivity contribution in [2.24, 2.45) is 0 Å². The number of hydrogen-bond acceptors (Lipinski definition) is 5. The largest absolute Gasteiger partial charge is 0.479 e. The molecule has 1 aliphatic carbocycles. The number of amides is 1. The standard InChI is InChI=1S/C16H21NO6/c1-21-12-8-16(14(18)19,9-13(12)22-2)17-15(20)23-10-11-6-4-3-5-7-11/h3-7,12-13H,8-10H2,1-2H3,(H,17,20)(H,18,19)/t12-,13-/m0/s1. The Morgan fingerprint density at radius 3 is 2.22 bits per heavy atom. The lowest BCUT2D eigenvalue weighted by Gasteiger charge is -2.25. The number of carbonyl (C=O) groups is 2. The zero-order valence-corrected chi connectivity index (χ0v) is 13.2. The fraction of sp³-hybridized carbons (Fsp3) is 0.500. The van der Waals surface area contributed by atoms with Crippen molar-refractivity contribution in [2.45, 2.75) is 37.2 Å². The normalized spacial score (nSPS) is 22.5. The average molecular weight is 323 g/mol. The molecule has 7 nitrogen and oxygen atoms in total. The van der Waals surface area contributed by atoms with E-state index in [0.29, 0.717) is 0 Å². The van der Waals surface area contributed by atoms with Crippen LogP contribution >= 0.6 is 0 Å². The van der Waals surface area contributed by atoms with Crippen LogP contribution in [0.1, 0.15) is 18.4 Å². The molecule has 2 N–H and O–H groups in total. The number of ether oxygens (including phenoxy) is 3. The molecule has 1 aromatic rings. The van der Waals surface area contributed by atoms with Gasteiger partial charge in [0.1, 0.15) is 12.1 Å². The van der Waals surface area contributed by atoms with E-state index in [1.165, 1.54) is 14.2 Å². The van der Waals surface area contributed by atoms with Crippen LogP contribution in [-0.4, -0.2) is 49.1 Å². The van der Waals surface area contributed by atoms with E-state index in [4.69, 9.17) is 14.2 Å². The zero-order valence-electron chi connectivity index (χ0n) is 13.2. The van der Waals surface area contributed by atoms with Crippen LogP contribution in [-0.2, 0) is 25.6 Å². The smallest absolute Gasteiger partial charge is 0.408 e. The lowest BCUT2D eigenvalue weighted by atomic mass is 9.98. The first kappa shape index (κ1) is 17.2. The second-order valence-corrected chi connectivity index (χ2v) is 5.53. The fourth-order valence-corrected chi connectivity index (χ4v) is 2.79. The van der Waals surface area contributed by atoms with Crippen LogP contribution in [0.25, 0.3) is 0 Å². The predicted molar refractivity (Wildman–Crippen MR) is 81.0 cm³/mol. The molecule has 1 saturated carbocycles. The summed E-state index contributed by atoms with van der Waals surface area (Å²) in [4.78, 5) is 23.7. The molecule has 126 valence electrons. The third-order valence-electron chi connectivity index (χ3n) is 4.08. The van der Waals surface area contributed by atoms with Crippen LogP contribution in [0.5, 0.6) is 0 Å². The summed E-state index contributed by atoms with van der Waals surface area (Å²) in [6.07, 6.45) is -1.32. The van der Waals surface area contributed by atoms with Crippen molar-refractivity contribution in [1.82, 2.24) is 5.32 Å². The number of carboxylic acids is 1. The van der Waals surface area contributed by atoms with Crippen molar-refractivity contribution in [3.8, 4) is 0 Å². The van der Waals surface area contributed by atoms with Crippen LogP contribution in [0.15, 0.2) is 30.3 Å². The van der Waals surface area contributed by atoms with Gasteiger partial charge >= 0.3 is 12.1 Å². The van der Waals surface area contributed by atoms with Gasteiger partial charge in [0, 0.05) is 27.1 Å². The van der Waals surface area contributed by atoms with E-state index < -0.39 is 29.8 Å². The average Bonchev–Trinajstić information content (AvgIpc) is 2.93. The molecular weight excluding hydrogens is 302 g/mol. The molecule has 23 heavy (non-hydrogen) atoms. The molecule has 0 aliphatic heterocycles. The van der Waals surface area contributed by atoms with Gasteiger partial charge in [-0.15, -0.1) is 0 Å². The van der Waals surface area contributed by atoms with Gasteiger partial charge in [-0.3, -0.25) is 0 Å². The fourth-order valence-electron chi connectivity index (χ4n) is 2.79. The highest BCUT2D eigenvalue weighted by atomic mass is 16.6. The van der Waals surface area contributed by atoms with Crippen LogP contribution in [0.4, 0.5) is 4.79 Å². The van der Waals surface area contributed by atoms with Gasteiger partial charge in [0.2, 0.25) is 0 Å². The highest BCUT2D eigenvalue weighted by Crippen LogP contribution is 2.34. The molecule has 0 bridgehead atoms. The number of hydrogen-bond donors (Lipinski definition) is 2. The van der Waals surface area contributed by atoms with E-state index in [9.17, 15) is 14.7 Å².